The van der Waals surface area contributed by atoms with Crippen molar-refractivity contribution in [1.82, 2.24) is 5.32 Å². The summed E-state index contributed by atoms with van der Waals surface area (Å²) in [5, 5.41) is 12.3. The van der Waals surface area contributed by atoms with Gasteiger partial charge >= 0.3 is 6.09 Å². The van der Waals surface area contributed by atoms with E-state index in [4.69, 9.17) is 14.2 Å². The van der Waals surface area contributed by atoms with E-state index in [1.807, 2.05) is 78.9 Å². The van der Waals surface area contributed by atoms with Gasteiger partial charge in [-0.3, -0.25) is 0 Å². The average Bonchev–Trinajstić information content (AvgIpc) is 2.75. The second-order valence-corrected chi connectivity index (χ2v) is 8.36. The highest BCUT2D eigenvalue weighted by Gasteiger charge is 2.19. The number of aliphatic hydroxyl groups excluding tert-OH is 1. The van der Waals surface area contributed by atoms with Crippen LogP contribution in [-0.4, -0.2) is 29.4 Å². The average molecular weight is 436 g/mol. The number of nitrogens with one attached hydrogen (secondary N) is 1. The number of hydrogen-bond donors (Lipinski definition) is 2. The maximum Gasteiger partial charge on any atom is 0.407 e. The van der Waals surface area contributed by atoms with E-state index in [9.17, 15) is 9.90 Å². The molecule has 0 heterocycles. The van der Waals surface area contributed by atoms with Gasteiger partial charge in [0.1, 0.15) is 28.6 Å². The van der Waals surface area contributed by atoms with Crippen LogP contribution in [0.1, 0.15) is 26.3 Å². The Morgan fingerprint density at radius 1 is 0.812 bits per heavy atom. The van der Waals surface area contributed by atoms with E-state index in [1.165, 1.54) is 0 Å². The Morgan fingerprint density at radius 3 is 1.75 bits per heavy atom. The van der Waals surface area contributed by atoms with Gasteiger partial charge in [0.05, 0.1) is 12.6 Å². The highest BCUT2D eigenvalue weighted by Crippen LogP contribution is 2.27. The van der Waals surface area contributed by atoms with Crippen molar-refractivity contribution in [2.24, 2.45) is 0 Å². The summed E-state index contributed by atoms with van der Waals surface area (Å²) in [6, 6.07) is 24.1. The summed E-state index contributed by atoms with van der Waals surface area (Å²) in [4.78, 5) is 11.9. The van der Waals surface area contributed by atoms with E-state index < -0.39 is 17.7 Å². The maximum absolute atomic E-state index is 11.9. The van der Waals surface area contributed by atoms with Crippen LogP contribution in [0.25, 0.3) is 0 Å². The molecule has 32 heavy (non-hydrogen) atoms. The largest absolute Gasteiger partial charge is 0.457 e. The van der Waals surface area contributed by atoms with Gasteiger partial charge in [0, 0.05) is 0 Å². The number of para-hydroxylation sites is 1. The predicted octanol–water partition coefficient (Wildman–Crippen LogP) is 5.70. The molecule has 0 aliphatic carbocycles. The fourth-order valence-electron chi connectivity index (χ4n) is 2.95. The normalized spacial score (nSPS) is 12.0. The summed E-state index contributed by atoms with van der Waals surface area (Å²) in [5.41, 5.74) is 0.369. The smallest absolute Gasteiger partial charge is 0.407 e. The zero-order valence-electron chi connectivity index (χ0n) is 18.6. The fraction of sp³-hybridized carbons (Fsp3) is 0.269. The standard InChI is InChI=1S/C26H29NO5/c1-26(2,3)32-25(29)27-20(18-28)17-19-9-11-22(12-10-19)31-24-15-13-23(14-16-24)30-21-7-5-4-6-8-21/h4-16,20,28H,17-18H2,1-3H3,(H,27,29). The van der Waals surface area contributed by atoms with Crippen molar-refractivity contribution in [2.45, 2.75) is 38.8 Å². The van der Waals surface area contributed by atoms with Crippen LogP contribution in [0.5, 0.6) is 23.0 Å². The van der Waals surface area contributed by atoms with E-state index >= 15 is 0 Å². The summed E-state index contributed by atoms with van der Waals surface area (Å²) in [6.07, 6.45) is -0.0714. The van der Waals surface area contributed by atoms with Crippen molar-refractivity contribution >= 4 is 6.09 Å². The third kappa shape index (κ3) is 7.63. The number of amides is 1. The van der Waals surface area contributed by atoms with Gasteiger partial charge in [-0.1, -0.05) is 30.3 Å². The molecule has 0 bridgehead atoms. The van der Waals surface area contributed by atoms with Crippen molar-refractivity contribution < 1.29 is 24.1 Å². The number of carbonyl (C=O) groups excluding carboxylic acids is 1. The molecule has 0 aliphatic heterocycles. The molecule has 3 aromatic carbocycles. The zero-order chi connectivity index (χ0) is 23.0. The summed E-state index contributed by atoms with van der Waals surface area (Å²) in [6.45, 7) is 5.20. The van der Waals surface area contributed by atoms with Gasteiger partial charge in [0.15, 0.2) is 0 Å². The zero-order valence-corrected chi connectivity index (χ0v) is 18.6. The van der Waals surface area contributed by atoms with Gasteiger partial charge in [0.2, 0.25) is 0 Å². The minimum Gasteiger partial charge on any atom is -0.457 e. The van der Waals surface area contributed by atoms with Crippen molar-refractivity contribution in [3.8, 4) is 23.0 Å². The second kappa shape index (κ2) is 10.7. The molecule has 6 heteroatoms. The van der Waals surface area contributed by atoms with Crippen LogP contribution in [0, 0.1) is 0 Å². The first-order valence-corrected chi connectivity index (χ1v) is 10.5. The summed E-state index contributed by atoms with van der Waals surface area (Å²) >= 11 is 0. The van der Waals surface area contributed by atoms with Crippen LogP contribution < -0.4 is 14.8 Å². The minimum absolute atomic E-state index is 0.186. The van der Waals surface area contributed by atoms with Crippen molar-refractivity contribution in [3.05, 3.63) is 84.4 Å². The van der Waals surface area contributed by atoms with E-state index in [2.05, 4.69) is 5.32 Å². The first kappa shape index (κ1) is 23.2. The molecule has 0 aliphatic rings. The number of carbonyl (C=O) groups is 1. The number of alkyl carbamates (subject to hydrolysis) is 1. The van der Waals surface area contributed by atoms with Gasteiger partial charge in [0.25, 0.3) is 0 Å². The van der Waals surface area contributed by atoms with Crippen molar-refractivity contribution in [2.75, 3.05) is 6.61 Å². The van der Waals surface area contributed by atoms with Crippen LogP contribution in [0.15, 0.2) is 78.9 Å². The van der Waals surface area contributed by atoms with Crippen LogP contribution in [0.4, 0.5) is 4.79 Å². The molecular formula is C26H29NO5. The summed E-state index contributed by atoms with van der Waals surface area (Å²) in [5.74, 6) is 2.88. The Labute approximate surface area is 188 Å². The molecule has 1 amide bonds. The Kier molecular flexibility index (Phi) is 7.73. The molecule has 0 radical (unpaired) electrons. The Morgan fingerprint density at radius 2 is 1.28 bits per heavy atom. The molecule has 1 atom stereocenters. The summed E-state index contributed by atoms with van der Waals surface area (Å²) in [7, 11) is 0. The monoisotopic (exact) mass is 435 g/mol. The maximum atomic E-state index is 11.9. The van der Waals surface area contributed by atoms with Gasteiger partial charge in [-0.2, -0.15) is 0 Å². The molecular weight excluding hydrogens is 406 g/mol. The van der Waals surface area contributed by atoms with Crippen LogP contribution in [0.2, 0.25) is 0 Å². The number of aliphatic hydroxyl groups is 1. The third-order valence-corrected chi connectivity index (χ3v) is 4.39. The lowest BCUT2D eigenvalue weighted by Gasteiger charge is -2.22. The molecule has 0 spiro atoms. The molecule has 0 saturated heterocycles. The van der Waals surface area contributed by atoms with Gasteiger partial charge in [-0.15, -0.1) is 0 Å². The number of benzene rings is 3. The highest BCUT2D eigenvalue weighted by molar-refractivity contribution is 5.68. The first-order valence-electron chi connectivity index (χ1n) is 10.5. The molecule has 0 saturated carbocycles. The second-order valence-electron chi connectivity index (χ2n) is 8.36. The number of ether oxygens (including phenoxy) is 3. The van der Waals surface area contributed by atoms with Crippen molar-refractivity contribution in [3.63, 3.8) is 0 Å². The van der Waals surface area contributed by atoms with E-state index in [1.54, 1.807) is 20.8 Å². The van der Waals surface area contributed by atoms with E-state index in [0.717, 1.165) is 17.1 Å². The van der Waals surface area contributed by atoms with Gasteiger partial charge in [-0.25, -0.2) is 4.79 Å². The molecule has 0 fully saturated rings. The highest BCUT2D eigenvalue weighted by atomic mass is 16.6. The molecule has 0 aromatic heterocycles. The quantitative estimate of drug-likeness (QED) is 0.475. The minimum atomic E-state index is -0.588. The van der Waals surface area contributed by atoms with E-state index in [-0.39, 0.29) is 6.61 Å². The van der Waals surface area contributed by atoms with Crippen molar-refractivity contribution in [1.29, 1.82) is 0 Å². The van der Waals surface area contributed by atoms with Crippen LogP contribution in [0.3, 0.4) is 0 Å². The fourth-order valence-corrected chi connectivity index (χ4v) is 2.95. The van der Waals surface area contributed by atoms with Crippen LogP contribution >= 0.6 is 0 Å². The first-order chi connectivity index (χ1) is 15.3. The van der Waals surface area contributed by atoms with Gasteiger partial charge < -0.3 is 24.6 Å². The third-order valence-electron chi connectivity index (χ3n) is 4.39. The SMILES string of the molecule is CC(C)(C)OC(=O)NC(CO)Cc1ccc(Oc2ccc(Oc3ccccc3)cc2)cc1. The molecule has 3 rings (SSSR count). The molecule has 3 aromatic rings. The molecule has 6 nitrogen and oxygen atoms in total. The Hall–Kier alpha value is -3.51. The number of rotatable bonds is 8. The van der Waals surface area contributed by atoms with Crippen LogP contribution in [-0.2, 0) is 11.2 Å². The lowest BCUT2D eigenvalue weighted by atomic mass is 10.1. The predicted molar refractivity (Wildman–Crippen MR) is 123 cm³/mol. The molecule has 2 N–H and O–H groups in total. The lowest BCUT2D eigenvalue weighted by Crippen LogP contribution is -2.42. The molecule has 1 unspecified atom stereocenters. The number of hydrogen-bond acceptors (Lipinski definition) is 5. The lowest BCUT2D eigenvalue weighted by molar-refractivity contribution is 0.0483. The Balaban J connectivity index is 1.53. The van der Waals surface area contributed by atoms with E-state index in [0.29, 0.717) is 17.9 Å². The summed E-state index contributed by atoms with van der Waals surface area (Å²) < 4.78 is 16.9. The topological polar surface area (TPSA) is 77.0 Å². The Bertz CT molecular complexity index is 979. The van der Waals surface area contributed by atoms with Gasteiger partial charge in [-0.05, 0) is 81.3 Å². The molecule has 168 valence electrons.